The van der Waals surface area contributed by atoms with Crippen molar-refractivity contribution in [3.8, 4) is 6.07 Å². The molecule has 2 N–H and O–H groups in total. The molecule has 0 radical (unpaired) electrons. The van der Waals surface area contributed by atoms with Crippen LogP contribution in [0.1, 0.15) is 24.8 Å². The summed E-state index contributed by atoms with van der Waals surface area (Å²) in [6.07, 6.45) is 2.55. The minimum Gasteiger partial charge on any atom is -0.396 e. The summed E-state index contributed by atoms with van der Waals surface area (Å²) < 4.78 is 5.40. The first-order valence-corrected chi connectivity index (χ1v) is 7.20. The van der Waals surface area contributed by atoms with Crippen molar-refractivity contribution >= 4 is 17.3 Å². The van der Waals surface area contributed by atoms with Crippen molar-refractivity contribution in [1.29, 1.82) is 5.26 Å². The fourth-order valence-electron chi connectivity index (χ4n) is 2.63. The minimum atomic E-state index is 0.0128. The number of nitriles is 1. The molecule has 1 aliphatic heterocycles. The Morgan fingerprint density at radius 1 is 1.40 bits per heavy atom. The molecule has 1 aromatic rings. The van der Waals surface area contributed by atoms with E-state index in [1.165, 1.54) is 0 Å². The van der Waals surface area contributed by atoms with Crippen LogP contribution >= 0.6 is 11.6 Å². The summed E-state index contributed by atoms with van der Waals surface area (Å²) in [6.45, 7) is 2.29. The van der Waals surface area contributed by atoms with E-state index < -0.39 is 0 Å². The van der Waals surface area contributed by atoms with E-state index in [9.17, 15) is 5.11 Å². The number of halogens is 1. The summed E-state index contributed by atoms with van der Waals surface area (Å²) >= 11 is 6.16. The third-order valence-corrected chi connectivity index (χ3v) is 4.28. The van der Waals surface area contributed by atoms with Gasteiger partial charge in [0.05, 0.1) is 16.3 Å². The number of anilines is 1. The SMILES string of the molecule is N#Cc1cccc(Cl)c1NCC1(CCO)CCOCC1. The van der Waals surface area contributed by atoms with Gasteiger partial charge < -0.3 is 15.2 Å². The Morgan fingerprint density at radius 2 is 2.15 bits per heavy atom. The number of hydrogen-bond acceptors (Lipinski definition) is 4. The van der Waals surface area contributed by atoms with Crippen LogP contribution in [0.5, 0.6) is 0 Å². The molecule has 1 aliphatic rings. The smallest absolute Gasteiger partial charge is 0.101 e. The van der Waals surface area contributed by atoms with Gasteiger partial charge in [0.25, 0.3) is 0 Å². The fourth-order valence-corrected chi connectivity index (χ4v) is 2.87. The first-order chi connectivity index (χ1) is 9.71. The number of aliphatic hydroxyl groups is 1. The number of benzene rings is 1. The zero-order valence-corrected chi connectivity index (χ0v) is 12.1. The van der Waals surface area contributed by atoms with Crippen LogP contribution in [0.25, 0.3) is 0 Å². The van der Waals surface area contributed by atoms with Crippen LogP contribution in [-0.4, -0.2) is 31.5 Å². The fraction of sp³-hybridized carbons (Fsp3) is 0.533. The second-order valence-corrected chi connectivity index (χ2v) is 5.62. The quantitative estimate of drug-likeness (QED) is 0.876. The van der Waals surface area contributed by atoms with E-state index >= 15 is 0 Å². The van der Waals surface area contributed by atoms with Crippen LogP contribution in [0.3, 0.4) is 0 Å². The number of rotatable bonds is 5. The Hall–Kier alpha value is -1.28. The van der Waals surface area contributed by atoms with Gasteiger partial charge in [0, 0.05) is 26.4 Å². The van der Waals surface area contributed by atoms with Gasteiger partial charge in [0.2, 0.25) is 0 Å². The first kappa shape index (κ1) is 15.1. The van der Waals surface area contributed by atoms with Gasteiger partial charge in [-0.2, -0.15) is 5.26 Å². The lowest BCUT2D eigenvalue weighted by molar-refractivity contribution is 0.00905. The van der Waals surface area contributed by atoms with Crippen molar-refractivity contribution in [2.45, 2.75) is 19.3 Å². The maximum absolute atomic E-state index is 9.29. The molecule has 0 atom stereocenters. The van der Waals surface area contributed by atoms with Crippen molar-refractivity contribution in [2.24, 2.45) is 5.41 Å². The summed E-state index contributed by atoms with van der Waals surface area (Å²) in [7, 11) is 0. The zero-order valence-electron chi connectivity index (χ0n) is 11.4. The molecule has 0 amide bonds. The predicted molar refractivity (Wildman–Crippen MR) is 78.8 cm³/mol. The Bertz CT molecular complexity index is 488. The van der Waals surface area contributed by atoms with Crippen LogP contribution in [0, 0.1) is 16.7 Å². The van der Waals surface area contributed by atoms with Crippen LogP contribution in [0.4, 0.5) is 5.69 Å². The number of para-hydroxylation sites is 1. The van der Waals surface area contributed by atoms with Gasteiger partial charge >= 0.3 is 0 Å². The van der Waals surface area contributed by atoms with Crippen LogP contribution < -0.4 is 5.32 Å². The predicted octanol–water partition coefficient (Wildman–Crippen LogP) is 2.80. The lowest BCUT2D eigenvalue weighted by Crippen LogP contribution is -2.37. The van der Waals surface area contributed by atoms with Gasteiger partial charge in [-0.15, -0.1) is 0 Å². The second-order valence-electron chi connectivity index (χ2n) is 5.21. The third-order valence-electron chi connectivity index (χ3n) is 3.97. The summed E-state index contributed by atoms with van der Waals surface area (Å²) in [6, 6.07) is 7.43. The van der Waals surface area contributed by atoms with Gasteiger partial charge in [-0.3, -0.25) is 0 Å². The Kier molecular flexibility index (Phi) is 5.24. The van der Waals surface area contributed by atoms with Crippen molar-refractivity contribution in [1.82, 2.24) is 0 Å². The first-order valence-electron chi connectivity index (χ1n) is 6.82. The Balaban J connectivity index is 2.12. The minimum absolute atomic E-state index is 0.0128. The molecule has 0 aliphatic carbocycles. The molecule has 1 fully saturated rings. The second kappa shape index (κ2) is 6.94. The molecule has 0 aromatic heterocycles. The Morgan fingerprint density at radius 3 is 2.80 bits per heavy atom. The molecular formula is C15H19ClN2O2. The van der Waals surface area contributed by atoms with Crippen LogP contribution in [0.15, 0.2) is 18.2 Å². The van der Waals surface area contributed by atoms with Gasteiger partial charge in [-0.1, -0.05) is 17.7 Å². The molecule has 4 nitrogen and oxygen atoms in total. The number of nitrogens with zero attached hydrogens (tertiary/aromatic N) is 1. The summed E-state index contributed by atoms with van der Waals surface area (Å²) in [5.41, 5.74) is 1.24. The van der Waals surface area contributed by atoms with Crippen LogP contribution in [0.2, 0.25) is 5.02 Å². The van der Waals surface area contributed by atoms with E-state index in [-0.39, 0.29) is 12.0 Å². The van der Waals surface area contributed by atoms with E-state index in [1.807, 2.05) is 0 Å². The topological polar surface area (TPSA) is 65.3 Å². The standard InChI is InChI=1S/C15H19ClN2O2/c16-13-3-1-2-12(10-17)14(13)18-11-15(4-7-19)5-8-20-9-6-15/h1-3,18-19H,4-9,11H2. The molecule has 2 rings (SSSR count). The maximum atomic E-state index is 9.29. The van der Waals surface area contributed by atoms with Crippen molar-refractivity contribution in [3.05, 3.63) is 28.8 Å². The highest BCUT2D eigenvalue weighted by molar-refractivity contribution is 6.33. The van der Waals surface area contributed by atoms with Gasteiger partial charge in [-0.05, 0) is 36.8 Å². The molecule has 0 unspecified atom stereocenters. The number of aliphatic hydroxyl groups excluding tert-OH is 1. The highest BCUT2D eigenvalue weighted by Crippen LogP contribution is 2.35. The van der Waals surface area contributed by atoms with Crippen LogP contribution in [-0.2, 0) is 4.74 Å². The molecule has 5 heteroatoms. The van der Waals surface area contributed by atoms with Gasteiger partial charge in [-0.25, -0.2) is 0 Å². The van der Waals surface area contributed by atoms with E-state index in [1.54, 1.807) is 18.2 Å². The molecule has 0 saturated carbocycles. The summed E-state index contributed by atoms with van der Waals surface area (Å²) in [5.74, 6) is 0. The highest BCUT2D eigenvalue weighted by Gasteiger charge is 2.32. The number of nitrogens with one attached hydrogen (secondary N) is 1. The monoisotopic (exact) mass is 294 g/mol. The molecule has 1 saturated heterocycles. The molecule has 1 aromatic carbocycles. The largest absolute Gasteiger partial charge is 0.396 e. The van der Waals surface area contributed by atoms with Gasteiger partial charge in [0.15, 0.2) is 0 Å². The Labute approximate surface area is 124 Å². The summed E-state index contributed by atoms with van der Waals surface area (Å²) in [4.78, 5) is 0. The number of hydrogen-bond donors (Lipinski definition) is 2. The highest BCUT2D eigenvalue weighted by atomic mass is 35.5. The maximum Gasteiger partial charge on any atom is 0.101 e. The average molecular weight is 295 g/mol. The normalized spacial score (nSPS) is 17.4. The molecular weight excluding hydrogens is 276 g/mol. The molecule has 108 valence electrons. The summed E-state index contributed by atoms with van der Waals surface area (Å²) in [5, 5.41) is 22.3. The molecule has 20 heavy (non-hydrogen) atoms. The number of ether oxygens (including phenoxy) is 1. The molecule has 1 heterocycles. The third kappa shape index (κ3) is 3.43. The van der Waals surface area contributed by atoms with Crippen molar-refractivity contribution in [2.75, 3.05) is 31.7 Å². The lowest BCUT2D eigenvalue weighted by atomic mass is 9.77. The lowest BCUT2D eigenvalue weighted by Gasteiger charge is -2.37. The average Bonchev–Trinajstić information content (AvgIpc) is 2.47. The van der Waals surface area contributed by atoms with E-state index in [4.69, 9.17) is 21.6 Å². The van der Waals surface area contributed by atoms with Crippen molar-refractivity contribution < 1.29 is 9.84 Å². The van der Waals surface area contributed by atoms with Crippen molar-refractivity contribution in [3.63, 3.8) is 0 Å². The van der Waals surface area contributed by atoms with E-state index in [0.29, 0.717) is 22.8 Å². The zero-order chi connectivity index (χ0) is 14.4. The van der Waals surface area contributed by atoms with Gasteiger partial charge in [0.1, 0.15) is 6.07 Å². The van der Waals surface area contributed by atoms with E-state index in [2.05, 4.69) is 11.4 Å². The molecule has 0 bridgehead atoms. The molecule has 0 spiro atoms. The van der Waals surface area contributed by atoms with E-state index in [0.717, 1.165) is 32.5 Å².